The van der Waals surface area contributed by atoms with Crippen LogP contribution in [-0.2, 0) is 27.2 Å². The number of benzene rings is 3. The van der Waals surface area contributed by atoms with E-state index in [9.17, 15) is 19.8 Å². The van der Waals surface area contributed by atoms with Crippen molar-refractivity contribution in [2.75, 3.05) is 13.2 Å². The van der Waals surface area contributed by atoms with Gasteiger partial charge in [0.25, 0.3) is 0 Å². The smallest absolute Gasteiger partial charge is 0.453 e. The summed E-state index contributed by atoms with van der Waals surface area (Å²) in [6, 6.07) is 21.4. The van der Waals surface area contributed by atoms with E-state index >= 15 is 0 Å². The largest absolute Gasteiger partial charge is 0.475 e. The number of aliphatic hydroxyl groups is 1. The van der Waals surface area contributed by atoms with E-state index in [2.05, 4.69) is 5.32 Å². The zero-order valence-electron chi connectivity index (χ0n) is 20.2. The van der Waals surface area contributed by atoms with Gasteiger partial charge in [-0.15, -0.1) is 0 Å². The molecule has 0 bridgehead atoms. The number of ether oxygens (including phenoxy) is 3. The maximum Gasteiger partial charge on any atom is 0.453 e. The number of esters is 1. The summed E-state index contributed by atoms with van der Waals surface area (Å²) in [5.74, 6) is -5.03. The van der Waals surface area contributed by atoms with Crippen LogP contribution in [0.15, 0.2) is 72.8 Å². The van der Waals surface area contributed by atoms with Gasteiger partial charge in [0.15, 0.2) is 11.5 Å². The van der Waals surface area contributed by atoms with Crippen molar-refractivity contribution >= 4 is 23.5 Å². The average molecular weight is 526 g/mol. The third kappa shape index (κ3) is 6.40. The fourth-order valence-electron chi connectivity index (χ4n) is 4.00. The van der Waals surface area contributed by atoms with Crippen molar-refractivity contribution in [3.8, 4) is 11.5 Å². The standard InChI is InChI=1S/C28H28ClNO7/c1-18(30-17-23(31)21-8-5-9-22(29)16-21)14-20-10-11-24-25(15-20)37-28(36-24,26(32)33)27(34)35-13-12-19-6-3-2-4-7-19/h2-11,15-16,18,23,30-31H,12-14,17H2,1H3,(H,32,33)/t18-,23?,28?/m1/s1. The highest BCUT2D eigenvalue weighted by Gasteiger charge is 2.58. The maximum atomic E-state index is 12.7. The number of carbonyl (C=O) groups is 2. The van der Waals surface area contributed by atoms with E-state index in [0.29, 0.717) is 24.4 Å². The summed E-state index contributed by atoms with van der Waals surface area (Å²) in [5.41, 5.74) is 2.50. The average Bonchev–Trinajstić information content (AvgIpc) is 3.28. The fraction of sp³-hybridized carbons (Fsp3) is 0.286. The molecule has 0 fully saturated rings. The van der Waals surface area contributed by atoms with E-state index in [0.717, 1.165) is 16.7 Å². The second-order valence-electron chi connectivity index (χ2n) is 8.86. The molecular formula is C28H28ClNO7. The number of fused-ring (bicyclic) bond motifs is 1. The SMILES string of the molecule is C[C@H](Cc1ccc2c(c1)OC(C(=O)O)(C(=O)OCCc1ccccc1)O2)NCC(O)c1cccc(Cl)c1. The molecule has 3 aromatic carbocycles. The van der Waals surface area contributed by atoms with Crippen LogP contribution in [0.2, 0.25) is 5.02 Å². The summed E-state index contributed by atoms with van der Waals surface area (Å²) in [7, 11) is 0. The zero-order chi connectivity index (χ0) is 26.4. The minimum Gasteiger partial charge on any atom is -0.475 e. The summed E-state index contributed by atoms with van der Waals surface area (Å²) in [6.45, 7) is 2.26. The molecule has 0 aliphatic carbocycles. The lowest BCUT2D eigenvalue weighted by molar-refractivity contribution is -0.198. The number of halogens is 1. The van der Waals surface area contributed by atoms with Crippen LogP contribution in [0.25, 0.3) is 0 Å². The Labute approximate surface area is 219 Å². The number of carboxylic acid groups (broad SMARTS) is 1. The van der Waals surface area contributed by atoms with Crippen molar-refractivity contribution in [3.05, 3.63) is 94.5 Å². The van der Waals surface area contributed by atoms with E-state index in [1.165, 1.54) is 0 Å². The molecule has 0 amide bonds. The molecule has 37 heavy (non-hydrogen) atoms. The lowest BCUT2D eigenvalue weighted by Crippen LogP contribution is -2.55. The van der Waals surface area contributed by atoms with Crippen molar-refractivity contribution in [2.24, 2.45) is 0 Å². The van der Waals surface area contributed by atoms with Crippen LogP contribution < -0.4 is 14.8 Å². The van der Waals surface area contributed by atoms with Crippen molar-refractivity contribution in [2.45, 2.75) is 37.7 Å². The van der Waals surface area contributed by atoms with Crippen LogP contribution in [0, 0.1) is 0 Å². The van der Waals surface area contributed by atoms with Gasteiger partial charge in [0.1, 0.15) is 0 Å². The van der Waals surface area contributed by atoms with Gasteiger partial charge in [-0.1, -0.05) is 60.1 Å². The number of aliphatic hydroxyl groups excluding tert-OH is 1. The van der Waals surface area contributed by atoms with Gasteiger partial charge in [-0.25, -0.2) is 9.59 Å². The fourth-order valence-corrected chi connectivity index (χ4v) is 4.20. The van der Waals surface area contributed by atoms with Gasteiger partial charge < -0.3 is 29.7 Å². The van der Waals surface area contributed by atoms with Crippen LogP contribution in [0.3, 0.4) is 0 Å². The summed E-state index contributed by atoms with van der Waals surface area (Å²) >= 11 is 6.00. The zero-order valence-corrected chi connectivity index (χ0v) is 21.0. The Bertz CT molecular complexity index is 1250. The summed E-state index contributed by atoms with van der Waals surface area (Å²) in [4.78, 5) is 24.7. The highest BCUT2D eigenvalue weighted by Crippen LogP contribution is 2.41. The van der Waals surface area contributed by atoms with Crippen molar-refractivity contribution in [1.29, 1.82) is 0 Å². The molecule has 0 spiro atoms. The van der Waals surface area contributed by atoms with Crippen LogP contribution in [0.5, 0.6) is 11.5 Å². The molecule has 1 heterocycles. The molecule has 3 atom stereocenters. The minimum absolute atomic E-state index is 0.0174. The summed E-state index contributed by atoms with van der Waals surface area (Å²) < 4.78 is 16.2. The predicted molar refractivity (Wildman–Crippen MR) is 137 cm³/mol. The van der Waals surface area contributed by atoms with E-state index < -0.39 is 23.8 Å². The van der Waals surface area contributed by atoms with Gasteiger partial charge in [-0.05, 0) is 54.3 Å². The number of nitrogens with one attached hydrogen (secondary N) is 1. The monoisotopic (exact) mass is 525 g/mol. The van der Waals surface area contributed by atoms with Crippen molar-refractivity contribution in [1.82, 2.24) is 5.32 Å². The first-order valence-corrected chi connectivity index (χ1v) is 12.3. The highest BCUT2D eigenvalue weighted by molar-refractivity contribution is 6.30. The van der Waals surface area contributed by atoms with Gasteiger partial charge in [0.05, 0.1) is 12.7 Å². The molecule has 0 saturated carbocycles. The number of aliphatic carboxylic acids is 1. The lowest BCUT2D eigenvalue weighted by atomic mass is 10.1. The van der Waals surface area contributed by atoms with Gasteiger partial charge in [-0.3, -0.25) is 0 Å². The topological polar surface area (TPSA) is 114 Å². The number of hydrogen-bond donors (Lipinski definition) is 3. The molecule has 194 valence electrons. The van der Waals surface area contributed by atoms with E-state index in [4.69, 9.17) is 25.8 Å². The quantitative estimate of drug-likeness (QED) is 0.255. The number of carboxylic acids is 1. The Morgan fingerprint density at radius 1 is 1.00 bits per heavy atom. The molecule has 8 nitrogen and oxygen atoms in total. The molecule has 2 unspecified atom stereocenters. The Morgan fingerprint density at radius 3 is 2.49 bits per heavy atom. The Hall–Kier alpha value is -3.59. The van der Waals surface area contributed by atoms with E-state index in [-0.39, 0.29) is 24.1 Å². The van der Waals surface area contributed by atoms with Crippen LogP contribution >= 0.6 is 11.6 Å². The van der Waals surface area contributed by atoms with Crippen LogP contribution in [0.4, 0.5) is 0 Å². The molecule has 1 aliphatic rings. The van der Waals surface area contributed by atoms with Gasteiger partial charge in [-0.2, -0.15) is 0 Å². The first-order chi connectivity index (χ1) is 17.8. The van der Waals surface area contributed by atoms with Crippen molar-refractivity contribution in [3.63, 3.8) is 0 Å². The van der Waals surface area contributed by atoms with E-state index in [1.54, 1.807) is 36.4 Å². The second-order valence-corrected chi connectivity index (χ2v) is 9.30. The maximum absolute atomic E-state index is 12.7. The predicted octanol–water partition coefficient (Wildman–Crippen LogP) is 3.93. The van der Waals surface area contributed by atoms with Crippen LogP contribution in [0.1, 0.15) is 29.7 Å². The third-order valence-corrected chi connectivity index (χ3v) is 6.20. The molecule has 0 saturated heterocycles. The molecule has 9 heteroatoms. The third-order valence-electron chi connectivity index (χ3n) is 5.97. The van der Waals surface area contributed by atoms with Crippen molar-refractivity contribution < 1.29 is 34.0 Å². The second kappa shape index (κ2) is 11.6. The molecular weight excluding hydrogens is 498 g/mol. The van der Waals surface area contributed by atoms with Gasteiger partial charge in [0, 0.05) is 24.0 Å². The van der Waals surface area contributed by atoms with Gasteiger partial charge >= 0.3 is 17.7 Å². The van der Waals surface area contributed by atoms with Crippen LogP contribution in [-0.4, -0.2) is 47.1 Å². The van der Waals surface area contributed by atoms with Gasteiger partial charge in [0.2, 0.25) is 0 Å². The molecule has 4 rings (SSSR count). The van der Waals surface area contributed by atoms with E-state index in [1.807, 2.05) is 43.3 Å². The summed E-state index contributed by atoms with van der Waals surface area (Å²) in [6.07, 6.45) is 0.263. The Balaban J connectivity index is 1.34. The number of rotatable bonds is 11. The number of hydrogen-bond acceptors (Lipinski definition) is 7. The molecule has 3 N–H and O–H groups in total. The molecule has 3 aromatic rings. The molecule has 1 aliphatic heterocycles. The first kappa shape index (κ1) is 26.5. The Kier molecular flexibility index (Phi) is 8.33. The first-order valence-electron chi connectivity index (χ1n) is 11.9. The Morgan fingerprint density at radius 2 is 1.76 bits per heavy atom. The molecule has 0 radical (unpaired) electrons. The normalized spacial score (nSPS) is 17.7. The minimum atomic E-state index is -2.59. The lowest BCUT2D eigenvalue weighted by Gasteiger charge is -2.20. The molecule has 0 aromatic heterocycles. The summed E-state index contributed by atoms with van der Waals surface area (Å²) in [5, 5.41) is 24.0. The highest BCUT2D eigenvalue weighted by atomic mass is 35.5. The number of carbonyl (C=O) groups excluding carboxylic acids is 1.